The molecule has 0 radical (unpaired) electrons. The molecule has 0 aliphatic heterocycles. The Morgan fingerprint density at radius 3 is 1.71 bits per heavy atom. The standard InChI is InChI=1S/C17H15BrO3/c1-12(18)15(19)17(20)21-16(13-8-4-2-5-9-13)14-10-6-3-7-11-14/h2-12,16H,1H3. The number of hydrogen-bond acceptors (Lipinski definition) is 3. The highest BCUT2D eigenvalue weighted by Gasteiger charge is 2.26. The Balaban J connectivity index is 2.30. The predicted molar refractivity (Wildman–Crippen MR) is 84.2 cm³/mol. The Hall–Kier alpha value is -1.94. The van der Waals surface area contributed by atoms with Crippen LogP contribution in [0.15, 0.2) is 60.7 Å². The molecule has 1 atom stereocenters. The smallest absolute Gasteiger partial charge is 0.376 e. The van der Waals surface area contributed by atoms with Crippen LogP contribution in [0.2, 0.25) is 0 Å². The van der Waals surface area contributed by atoms with Gasteiger partial charge < -0.3 is 4.74 Å². The molecule has 0 saturated carbocycles. The number of halogens is 1. The molecular formula is C17H15BrO3. The van der Waals surface area contributed by atoms with Crippen molar-refractivity contribution >= 4 is 27.7 Å². The first-order chi connectivity index (χ1) is 10.1. The second kappa shape index (κ2) is 7.18. The van der Waals surface area contributed by atoms with Crippen molar-refractivity contribution in [1.82, 2.24) is 0 Å². The van der Waals surface area contributed by atoms with E-state index in [1.807, 2.05) is 60.7 Å². The maximum Gasteiger partial charge on any atom is 0.376 e. The summed E-state index contributed by atoms with van der Waals surface area (Å²) >= 11 is 3.09. The number of carbonyl (C=O) groups excluding carboxylic acids is 2. The zero-order chi connectivity index (χ0) is 15.2. The van der Waals surface area contributed by atoms with Gasteiger partial charge in [0.1, 0.15) is 0 Å². The van der Waals surface area contributed by atoms with Gasteiger partial charge in [0.2, 0.25) is 0 Å². The lowest BCUT2D eigenvalue weighted by atomic mass is 10.0. The molecule has 0 aliphatic rings. The van der Waals surface area contributed by atoms with Gasteiger partial charge in [0.15, 0.2) is 6.10 Å². The SMILES string of the molecule is CC(Br)C(=O)C(=O)OC(c1ccccc1)c1ccccc1. The third-order valence-electron chi connectivity index (χ3n) is 2.99. The Morgan fingerprint density at radius 2 is 1.33 bits per heavy atom. The molecule has 2 rings (SSSR count). The first kappa shape index (κ1) is 15.4. The summed E-state index contributed by atoms with van der Waals surface area (Å²) in [5, 5.41) is 0. The Morgan fingerprint density at radius 1 is 0.905 bits per heavy atom. The fraction of sp³-hybridized carbons (Fsp3) is 0.176. The van der Waals surface area contributed by atoms with Gasteiger partial charge in [-0.05, 0) is 18.1 Å². The highest BCUT2D eigenvalue weighted by Crippen LogP contribution is 2.26. The van der Waals surface area contributed by atoms with Gasteiger partial charge in [-0.2, -0.15) is 0 Å². The lowest BCUT2D eigenvalue weighted by Gasteiger charge is -2.18. The first-order valence-electron chi connectivity index (χ1n) is 6.58. The number of hydrogen-bond donors (Lipinski definition) is 0. The largest absolute Gasteiger partial charge is 0.447 e. The van der Waals surface area contributed by atoms with Crippen LogP contribution in [-0.4, -0.2) is 16.6 Å². The number of carbonyl (C=O) groups is 2. The molecule has 108 valence electrons. The Kier molecular flexibility index (Phi) is 5.28. The van der Waals surface area contributed by atoms with Crippen molar-refractivity contribution in [2.24, 2.45) is 0 Å². The van der Waals surface area contributed by atoms with E-state index in [1.54, 1.807) is 6.92 Å². The second-order valence-corrected chi connectivity index (χ2v) is 5.96. The van der Waals surface area contributed by atoms with Crippen molar-refractivity contribution in [1.29, 1.82) is 0 Å². The van der Waals surface area contributed by atoms with Gasteiger partial charge >= 0.3 is 5.97 Å². The molecule has 0 bridgehead atoms. The second-order valence-electron chi connectivity index (χ2n) is 4.59. The number of alkyl halides is 1. The molecule has 1 unspecified atom stereocenters. The van der Waals surface area contributed by atoms with Crippen LogP contribution >= 0.6 is 15.9 Å². The van der Waals surface area contributed by atoms with Crippen LogP contribution in [-0.2, 0) is 14.3 Å². The van der Waals surface area contributed by atoms with E-state index in [2.05, 4.69) is 15.9 Å². The lowest BCUT2D eigenvalue weighted by Crippen LogP contribution is -2.26. The van der Waals surface area contributed by atoms with Crippen molar-refractivity contribution in [3.05, 3.63) is 71.8 Å². The van der Waals surface area contributed by atoms with Crippen LogP contribution in [0.25, 0.3) is 0 Å². The van der Waals surface area contributed by atoms with E-state index < -0.39 is 22.7 Å². The van der Waals surface area contributed by atoms with Crippen LogP contribution in [0.4, 0.5) is 0 Å². The molecule has 0 spiro atoms. The number of rotatable bonds is 5. The van der Waals surface area contributed by atoms with E-state index in [4.69, 9.17) is 4.74 Å². The summed E-state index contributed by atoms with van der Waals surface area (Å²) in [5.74, 6) is -1.43. The molecule has 0 aromatic heterocycles. The molecule has 4 heteroatoms. The molecule has 0 aliphatic carbocycles. The maximum absolute atomic E-state index is 11.9. The summed E-state index contributed by atoms with van der Waals surface area (Å²) < 4.78 is 5.43. The number of Topliss-reactive ketones (excluding diaryl/α,β-unsaturated/α-hetero) is 1. The van der Waals surface area contributed by atoms with Gasteiger partial charge in [-0.3, -0.25) is 4.79 Å². The summed E-state index contributed by atoms with van der Waals surface area (Å²) in [6.07, 6.45) is -0.588. The molecular weight excluding hydrogens is 332 g/mol. The predicted octanol–water partition coefficient (Wildman–Crippen LogP) is 3.67. The minimum Gasteiger partial charge on any atom is -0.447 e. The fourth-order valence-electron chi connectivity index (χ4n) is 1.91. The van der Waals surface area contributed by atoms with Gasteiger partial charge in [0.25, 0.3) is 5.78 Å². The van der Waals surface area contributed by atoms with Crippen molar-refractivity contribution in [2.75, 3.05) is 0 Å². The molecule has 0 heterocycles. The van der Waals surface area contributed by atoms with Crippen LogP contribution in [0.5, 0.6) is 0 Å². The molecule has 0 saturated heterocycles. The van der Waals surface area contributed by atoms with Crippen molar-refractivity contribution in [2.45, 2.75) is 17.9 Å². The molecule has 0 fully saturated rings. The van der Waals surface area contributed by atoms with Gasteiger partial charge in [0.05, 0.1) is 4.83 Å². The number of benzene rings is 2. The van der Waals surface area contributed by atoms with Gasteiger partial charge in [-0.1, -0.05) is 76.6 Å². The van der Waals surface area contributed by atoms with E-state index in [0.717, 1.165) is 11.1 Å². The number of ketones is 1. The quantitative estimate of drug-likeness (QED) is 0.471. The van der Waals surface area contributed by atoms with Gasteiger partial charge in [0, 0.05) is 0 Å². The van der Waals surface area contributed by atoms with E-state index >= 15 is 0 Å². The minimum atomic E-state index is -0.836. The zero-order valence-electron chi connectivity index (χ0n) is 11.5. The highest BCUT2D eigenvalue weighted by atomic mass is 79.9. The van der Waals surface area contributed by atoms with Crippen LogP contribution < -0.4 is 0 Å². The molecule has 3 nitrogen and oxygen atoms in total. The minimum absolute atomic E-state index is 0.558. The summed E-state index contributed by atoms with van der Waals surface area (Å²) in [5.41, 5.74) is 1.65. The van der Waals surface area contributed by atoms with Crippen LogP contribution in [0, 0.1) is 0 Å². The van der Waals surface area contributed by atoms with Crippen LogP contribution in [0.3, 0.4) is 0 Å². The number of ether oxygens (including phenoxy) is 1. The topological polar surface area (TPSA) is 43.4 Å². The third kappa shape index (κ3) is 4.02. The van der Waals surface area contributed by atoms with Crippen molar-refractivity contribution in [3.63, 3.8) is 0 Å². The summed E-state index contributed by atoms with van der Waals surface area (Å²) in [4.78, 5) is 23.1. The first-order valence-corrected chi connectivity index (χ1v) is 7.50. The third-order valence-corrected chi connectivity index (χ3v) is 3.41. The normalized spacial score (nSPS) is 12.0. The van der Waals surface area contributed by atoms with E-state index in [-0.39, 0.29) is 0 Å². The zero-order valence-corrected chi connectivity index (χ0v) is 13.1. The fourth-order valence-corrected chi connectivity index (χ4v) is 2.10. The van der Waals surface area contributed by atoms with E-state index in [9.17, 15) is 9.59 Å². The molecule has 21 heavy (non-hydrogen) atoms. The van der Waals surface area contributed by atoms with Crippen molar-refractivity contribution in [3.8, 4) is 0 Å². The van der Waals surface area contributed by atoms with Crippen molar-refractivity contribution < 1.29 is 14.3 Å². The highest BCUT2D eigenvalue weighted by molar-refractivity contribution is 9.10. The van der Waals surface area contributed by atoms with Crippen LogP contribution in [0.1, 0.15) is 24.2 Å². The maximum atomic E-state index is 11.9. The average Bonchev–Trinajstić information content (AvgIpc) is 2.53. The average molecular weight is 347 g/mol. The summed E-state index contributed by atoms with van der Waals surface area (Å²) in [7, 11) is 0. The monoisotopic (exact) mass is 346 g/mol. The van der Waals surface area contributed by atoms with E-state index in [0.29, 0.717) is 0 Å². The summed E-state index contributed by atoms with van der Waals surface area (Å²) in [6, 6.07) is 18.7. The molecule has 0 N–H and O–H groups in total. The Labute approximate surface area is 132 Å². The van der Waals surface area contributed by atoms with E-state index in [1.165, 1.54) is 0 Å². The molecule has 0 amide bonds. The Bertz CT molecular complexity index is 569. The number of esters is 1. The van der Waals surface area contributed by atoms with Gasteiger partial charge in [-0.25, -0.2) is 4.79 Å². The molecule has 2 aromatic rings. The summed E-state index contributed by atoms with van der Waals surface area (Å²) in [6.45, 7) is 1.60. The molecule has 2 aromatic carbocycles. The lowest BCUT2D eigenvalue weighted by molar-refractivity contribution is -0.156. The van der Waals surface area contributed by atoms with Gasteiger partial charge in [-0.15, -0.1) is 0 Å².